The number of halogens is 1. The molecule has 132 valence electrons. The molecule has 1 aromatic carbocycles. The van der Waals surface area contributed by atoms with E-state index in [1.807, 2.05) is 0 Å². The Morgan fingerprint density at radius 1 is 0.783 bits per heavy atom. The summed E-state index contributed by atoms with van der Waals surface area (Å²) in [6.45, 7) is 4.47. The summed E-state index contributed by atoms with van der Waals surface area (Å²) in [4.78, 5) is 0. The second kappa shape index (κ2) is 12.0. The average molecular weight is 432 g/mol. The van der Waals surface area contributed by atoms with Crippen molar-refractivity contribution in [1.82, 2.24) is 0 Å². The number of aromatic hydroxyl groups is 2. The van der Waals surface area contributed by atoms with Gasteiger partial charge in [0, 0.05) is 0 Å². The molecule has 0 aromatic heterocycles. The Morgan fingerprint density at radius 3 is 1.87 bits per heavy atom. The predicted molar refractivity (Wildman–Crippen MR) is 107 cm³/mol. The molecular weight excluding hydrogens is 399 g/mol. The van der Waals surface area contributed by atoms with E-state index in [0.29, 0.717) is 0 Å². The minimum atomic E-state index is 0.0349. The Hall–Kier alpha value is -0.450. The van der Waals surface area contributed by atoms with Gasteiger partial charge >= 0.3 is 0 Å². The molecule has 0 bridgehead atoms. The van der Waals surface area contributed by atoms with Gasteiger partial charge in [-0.25, -0.2) is 0 Å². The van der Waals surface area contributed by atoms with Crippen LogP contribution in [0.2, 0.25) is 0 Å². The normalized spacial score (nSPS) is 11.1. The maximum Gasteiger partial charge on any atom is 0.171 e. The summed E-state index contributed by atoms with van der Waals surface area (Å²) in [5.74, 6) is 0.0941. The van der Waals surface area contributed by atoms with Gasteiger partial charge in [-0.3, -0.25) is 0 Å². The molecule has 1 aromatic rings. The van der Waals surface area contributed by atoms with E-state index in [1.165, 1.54) is 75.3 Å². The van der Waals surface area contributed by atoms with Crippen molar-refractivity contribution < 1.29 is 10.2 Å². The third-order valence-electron chi connectivity index (χ3n) is 4.49. The number of unbranched alkanes of at least 4 members (excludes halogenated alkanes) is 8. The molecule has 0 heterocycles. The number of phenols is 2. The highest BCUT2D eigenvalue weighted by Crippen LogP contribution is 2.36. The Kier molecular flexibility index (Phi) is 10.7. The van der Waals surface area contributed by atoms with Gasteiger partial charge in [0.05, 0.1) is 3.57 Å². The van der Waals surface area contributed by atoms with Crippen molar-refractivity contribution in [2.24, 2.45) is 0 Å². The first-order valence-corrected chi connectivity index (χ1v) is 10.4. The van der Waals surface area contributed by atoms with Gasteiger partial charge in [0.25, 0.3) is 0 Å². The number of phenolic OH excluding ortho intramolecular Hbond substituents is 2. The lowest BCUT2D eigenvalue weighted by Crippen LogP contribution is -2.00. The summed E-state index contributed by atoms with van der Waals surface area (Å²) in [7, 11) is 0. The van der Waals surface area contributed by atoms with E-state index in [1.54, 1.807) is 6.07 Å². The molecule has 0 aliphatic rings. The Balaban J connectivity index is 2.66. The zero-order valence-electron chi connectivity index (χ0n) is 14.8. The van der Waals surface area contributed by atoms with E-state index < -0.39 is 0 Å². The maximum atomic E-state index is 10.0. The largest absolute Gasteiger partial charge is 0.504 e. The van der Waals surface area contributed by atoms with Crippen molar-refractivity contribution in [3.05, 3.63) is 20.8 Å². The van der Waals surface area contributed by atoms with Crippen LogP contribution in [0.15, 0.2) is 6.07 Å². The van der Waals surface area contributed by atoms with Gasteiger partial charge in [0.1, 0.15) is 0 Å². The molecule has 0 saturated carbocycles. The number of aryl methyl sites for hydroxylation is 1. The lowest BCUT2D eigenvalue weighted by Gasteiger charge is -2.15. The molecule has 2 N–H and O–H groups in total. The quantitative estimate of drug-likeness (QED) is 0.218. The molecule has 1 rings (SSSR count). The second-order valence-corrected chi connectivity index (χ2v) is 7.60. The van der Waals surface area contributed by atoms with Crippen LogP contribution in [0.25, 0.3) is 0 Å². The molecule has 0 spiro atoms. The van der Waals surface area contributed by atoms with E-state index in [4.69, 9.17) is 0 Å². The zero-order chi connectivity index (χ0) is 17.1. The predicted octanol–water partition coefficient (Wildman–Crippen LogP) is 6.73. The Bertz CT molecular complexity index is 457. The molecular formula is C20H33IO2. The van der Waals surface area contributed by atoms with Gasteiger partial charge in [-0.05, 0) is 65.5 Å². The summed E-state index contributed by atoms with van der Waals surface area (Å²) < 4.78 is 0.849. The summed E-state index contributed by atoms with van der Waals surface area (Å²) in [6.07, 6.45) is 14.6. The SMILES string of the molecule is CCCCCCCc1cc(O)c(O)c(I)c1CCCCCCC. The highest BCUT2D eigenvalue weighted by atomic mass is 127. The lowest BCUT2D eigenvalue weighted by atomic mass is 9.95. The molecule has 23 heavy (non-hydrogen) atoms. The number of hydrogen-bond donors (Lipinski definition) is 2. The van der Waals surface area contributed by atoms with Crippen LogP contribution < -0.4 is 0 Å². The third kappa shape index (κ3) is 7.32. The van der Waals surface area contributed by atoms with Crippen molar-refractivity contribution in [3.8, 4) is 11.5 Å². The second-order valence-electron chi connectivity index (χ2n) is 6.52. The molecule has 0 unspecified atom stereocenters. The van der Waals surface area contributed by atoms with Gasteiger partial charge in [-0.15, -0.1) is 0 Å². The third-order valence-corrected chi connectivity index (χ3v) is 5.66. The molecule has 0 fully saturated rings. The Labute approximate surface area is 155 Å². The number of rotatable bonds is 12. The van der Waals surface area contributed by atoms with Crippen molar-refractivity contribution in [1.29, 1.82) is 0 Å². The van der Waals surface area contributed by atoms with Crippen LogP contribution >= 0.6 is 22.6 Å². The van der Waals surface area contributed by atoms with Gasteiger partial charge < -0.3 is 10.2 Å². The number of benzene rings is 1. The van der Waals surface area contributed by atoms with Crippen molar-refractivity contribution in [2.75, 3.05) is 0 Å². The van der Waals surface area contributed by atoms with E-state index in [2.05, 4.69) is 36.4 Å². The molecule has 3 heteroatoms. The van der Waals surface area contributed by atoms with E-state index in [0.717, 1.165) is 16.4 Å². The lowest BCUT2D eigenvalue weighted by molar-refractivity contribution is 0.399. The molecule has 0 aliphatic carbocycles. The van der Waals surface area contributed by atoms with Gasteiger partial charge in [-0.1, -0.05) is 65.2 Å². The van der Waals surface area contributed by atoms with Crippen molar-refractivity contribution in [2.45, 2.75) is 90.9 Å². The van der Waals surface area contributed by atoms with Crippen LogP contribution in [-0.4, -0.2) is 10.2 Å². The molecule has 0 aliphatic heterocycles. The number of hydrogen-bond acceptors (Lipinski definition) is 2. The standard InChI is InChI=1S/C20H33IO2/c1-3-5-7-9-11-13-16-15-18(22)20(23)19(21)17(16)14-12-10-8-6-4-2/h15,22-23H,3-14H2,1-2H3. The smallest absolute Gasteiger partial charge is 0.171 e. The van der Waals surface area contributed by atoms with Crippen LogP contribution in [0.1, 0.15) is 89.2 Å². The summed E-state index contributed by atoms with van der Waals surface area (Å²) in [5.41, 5.74) is 2.49. The van der Waals surface area contributed by atoms with Gasteiger partial charge in [0.15, 0.2) is 11.5 Å². The van der Waals surface area contributed by atoms with Crippen LogP contribution in [0, 0.1) is 3.57 Å². The molecule has 0 amide bonds. The summed E-state index contributed by atoms with van der Waals surface area (Å²) in [6, 6.07) is 1.79. The molecule has 2 nitrogen and oxygen atoms in total. The highest BCUT2D eigenvalue weighted by molar-refractivity contribution is 14.1. The monoisotopic (exact) mass is 432 g/mol. The first-order chi connectivity index (χ1) is 11.1. The highest BCUT2D eigenvalue weighted by Gasteiger charge is 2.15. The Morgan fingerprint density at radius 2 is 1.30 bits per heavy atom. The van der Waals surface area contributed by atoms with E-state index >= 15 is 0 Å². The average Bonchev–Trinajstić information content (AvgIpc) is 2.54. The summed E-state index contributed by atoms with van der Waals surface area (Å²) in [5, 5.41) is 20.0. The van der Waals surface area contributed by atoms with E-state index in [-0.39, 0.29) is 11.5 Å². The van der Waals surface area contributed by atoms with Crippen LogP contribution in [0.4, 0.5) is 0 Å². The first-order valence-electron chi connectivity index (χ1n) is 9.33. The minimum Gasteiger partial charge on any atom is -0.504 e. The topological polar surface area (TPSA) is 40.5 Å². The maximum absolute atomic E-state index is 10.0. The molecule has 0 radical (unpaired) electrons. The molecule has 0 saturated heterocycles. The zero-order valence-corrected chi connectivity index (χ0v) is 17.0. The fourth-order valence-electron chi connectivity index (χ4n) is 3.03. The van der Waals surface area contributed by atoms with Crippen molar-refractivity contribution >= 4 is 22.6 Å². The summed E-state index contributed by atoms with van der Waals surface area (Å²) >= 11 is 2.19. The minimum absolute atomic E-state index is 0.0349. The van der Waals surface area contributed by atoms with Crippen molar-refractivity contribution in [3.63, 3.8) is 0 Å². The molecule has 0 atom stereocenters. The van der Waals surface area contributed by atoms with Crippen LogP contribution in [0.5, 0.6) is 11.5 Å². The van der Waals surface area contributed by atoms with Gasteiger partial charge in [0.2, 0.25) is 0 Å². The van der Waals surface area contributed by atoms with Crippen LogP contribution in [0.3, 0.4) is 0 Å². The fraction of sp³-hybridized carbons (Fsp3) is 0.700. The van der Waals surface area contributed by atoms with Crippen LogP contribution in [-0.2, 0) is 12.8 Å². The first kappa shape index (κ1) is 20.6. The van der Waals surface area contributed by atoms with Gasteiger partial charge in [-0.2, -0.15) is 0 Å². The van der Waals surface area contributed by atoms with E-state index in [9.17, 15) is 10.2 Å². The fourth-order valence-corrected chi connectivity index (χ4v) is 3.93.